The van der Waals surface area contributed by atoms with Gasteiger partial charge < -0.3 is 10.2 Å². The van der Waals surface area contributed by atoms with Crippen LogP contribution in [0.25, 0.3) is 10.8 Å². The molecule has 4 nitrogen and oxygen atoms in total. The fourth-order valence-corrected chi connectivity index (χ4v) is 2.80. The molecule has 0 saturated carbocycles. The molecule has 1 N–H and O–H groups in total. The molecule has 1 aromatic heterocycles. The summed E-state index contributed by atoms with van der Waals surface area (Å²) in [7, 11) is 2.00. The first kappa shape index (κ1) is 11.4. The standard InChI is InChI=1S/C14H17ClN4/c1-16-10-6-8-19(9-7-10)14-12-5-3-2-4-11(12)13(15)17-18-14/h2-5,10,16H,6-9H2,1H3/i4D. The molecule has 0 bridgehead atoms. The first-order valence-electron chi connectivity index (χ1n) is 7.04. The number of halogens is 1. The van der Waals surface area contributed by atoms with Crippen LogP contribution in [0.2, 0.25) is 5.15 Å². The third kappa shape index (κ3) is 2.38. The fraction of sp³-hybridized carbons (Fsp3) is 0.429. The largest absolute Gasteiger partial charge is 0.354 e. The molecule has 0 unspecified atom stereocenters. The number of rotatable bonds is 2. The van der Waals surface area contributed by atoms with E-state index in [1.165, 1.54) is 0 Å². The first-order valence-corrected chi connectivity index (χ1v) is 6.92. The smallest absolute Gasteiger partial charge is 0.159 e. The Morgan fingerprint density at radius 3 is 2.84 bits per heavy atom. The Kier molecular flexibility index (Phi) is 3.20. The molecule has 19 heavy (non-hydrogen) atoms. The predicted octanol–water partition coefficient (Wildman–Crippen LogP) is 2.47. The van der Waals surface area contributed by atoms with Crippen LogP contribution in [0.1, 0.15) is 14.2 Å². The lowest BCUT2D eigenvalue weighted by atomic mass is 10.0. The molecule has 3 rings (SSSR count). The lowest BCUT2D eigenvalue weighted by molar-refractivity contribution is 0.441. The van der Waals surface area contributed by atoms with Crippen molar-refractivity contribution in [1.29, 1.82) is 0 Å². The molecule has 1 aliphatic heterocycles. The minimum atomic E-state index is 0.305. The fourth-order valence-electron chi connectivity index (χ4n) is 2.60. The maximum Gasteiger partial charge on any atom is 0.159 e. The van der Waals surface area contributed by atoms with Crippen molar-refractivity contribution in [2.45, 2.75) is 18.9 Å². The highest BCUT2D eigenvalue weighted by Crippen LogP contribution is 2.29. The Bertz CT molecular complexity index is 618. The Morgan fingerprint density at radius 1 is 1.32 bits per heavy atom. The molecular formula is C14H17ClN4. The minimum absolute atomic E-state index is 0.305. The molecule has 0 aliphatic carbocycles. The highest BCUT2D eigenvalue weighted by molar-refractivity contribution is 6.34. The van der Waals surface area contributed by atoms with Crippen LogP contribution in [-0.4, -0.2) is 36.4 Å². The van der Waals surface area contributed by atoms with Crippen molar-refractivity contribution in [2.75, 3.05) is 25.0 Å². The normalized spacial score (nSPS) is 17.8. The first-order chi connectivity index (χ1) is 9.70. The van der Waals surface area contributed by atoms with E-state index < -0.39 is 0 Å². The number of benzene rings is 1. The van der Waals surface area contributed by atoms with Gasteiger partial charge >= 0.3 is 0 Å². The molecule has 1 aliphatic rings. The van der Waals surface area contributed by atoms with Gasteiger partial charge in [0.05, 0.1) is 1.37 Å². The van der Waals surface area contributed by atoms with Crippen LogP contribution in [0.3, 0.4) is 0 Å². The minimum Gasteiger partial charge on any atom is -0.354 e. The third-order valence-electron chi connectivity index (χ3n) is 3.74. The van der Waals surface area contributed by atoms with Gasteiger partial charge in [0, 0.05) is 29.9 Å². The number of piperidine rings is 1. The van der Waals surface area contributed by atoms with Crippen molar-refractivity contribution >= 4 is 28.2 Å². The van der Waals surface area contributed by atoms with Crippen LogP contribution in [0.15, 0.2) is 24.2 Å². The molecule has 2 heterocycles. The SMILES string of the molecule is [2H]c1cccc2c(N3CCC(NC)CC3)nnc(Cl)c12. The Hall–Kier alpha value is -1.39. The second-order valence-corrected chi connectivity index (χ2v) is 5.18. The highest BCUT2D eigenvalue weighted by atomic mass is 35.5. The number of nitrogens with zero attached hydrogens (tertiary/aromatic N) is 3. The van der Waals surface area contributed by atoms with Crippen LogP contribution in [0.5, 0.6) is 0 Å². The molecule has 5 heteroatoms. The maximum absolute atomic E-state index is 8.00. The number of nitrogens with one attached hydrogen (secondary N) is 1. The average molecular weight is 278 g/mol. The molecule has 1 aromatic carbocycles. The van der Waals surface area contributed by atoms with E-state index in [-0.39, 0.29) is 0 Å². The van der Waals surface area contributed by atoms with Crippen molar-refractivity contribution in [3.8, 4) is 0 Å². The monoisotopic (exact) mass is 277 g/mol. The molecule has 0 spiro atoms. The maximum atomic E-state index is 8.00. The van der Waals surface area contributed by atoms with Gasteiger partial charge in [-0.1, -0.05) is 35.8 Å². The van der Waals surface area contributed by atoms with E-state index in [9.17, 15) is 0 Å². The zero-order chi connectivity index (χ0) is 14.1. The summed E-state index contributed by atoms with van der Waals surface area (Å²) in [6, 6.07) is 6.53. The molecular weight excluding hydrogens is 260 g/mol. The number of hydrogen-bond donors (Lipinski definition) is 1. The summed E-state index contributed by atoms with van der Waals surface area (Å²) in [4.78, 5) is 2.24. The molecule has 1 fully saturated rings. The van der Waals surface area contributed by atoms with E-state index in [4.69, 9.17) is 13.0 Å². The van der Waals surface area contributed by atoms with E-state index in [0.29, 0.717) is 22.6 Å². The molecule has 0 amide bonds. The van der Waals surface area contributed by atoms with Gasteiger partial charge in [0.25, 0.3) is 0 Å². The van der Waals surface area contributed by atoms with Gasteiger partial charge in [0.2, 0.25) is 0 Å². The summed E-state index contributed by atoms with van der Waals surface area (Å²) >= 11 is 6.10. The number of fused-ring (bicyclic) bond motifs is 1. The van der Waals surface area contributed by atoms with Crippen LogP contribution < -0.4 is 10.2 Å². The summed E-state index contributed by atoms with van der Waals surface area (Å²) in [6.07, 6.45) is 2.17. The van der Waals surface area contributed by atoms with E-state index in [1.807, 2.05) is 19.2 Å². The van der Waals surface area contributed by atoms with Gasteiger partial charge in [-0.05, 0) is 19.9 Å². The molecule has 2 aromatic rings. The Balaban J connectivity index is 2.01. The van der Waals surface area contributed by atoms with E-state index in [0.717, 1.165) is 37.1 Å². The highest BCUT2D eigenvalue weighted by Gasteiger charge is 2.21. The van der Waals surface area contributed by atoms with Gasteiger partial charge in [-0.2, -0.15) is 0 Å². The molecule has 100 valence electrons. The molecule has 1 saturated heterocycles. The van der Waals surface area contributed by atoms with Crippen molar-refractivity contribution in [2.24, 2.45) is 0 Å². The van der Waals surface area contributed by atoms with Crippen molar-refractivity contribution in [3.05, 3.63) is 29.4 Å². The molecule has 0 atom stereocenters. The van der Waals surface area contributed by atoms with Gasteiger partial charge in [-0.15, -0.1) is 10.2 Å². The van der Waals surface area contributed by atoms with Gasteiger partial charge in [-0.25, -0.2) is 0 Å². The average Bonchev–Trinajstić information content (AvgIpc) is 2.48. The topological polar surface area (TPSA) is 41.0 Å². The summed E-state index contributed by atoms with van der Waals surface area (Å²) in [5, 5.41) is 13.5. The van der Waals surface area contributed by atoms with E-state index in [2.05, 4.69) is 20.4 Å². The lowest BCUT2D eigenvalue weighted by Gasteiger charge is -2.32. The Morgan fingerprint density at radius 2 is 2.11 bits per heavy atom. The number of aromatic nitrogens is 2. The quantitative estimate of drug-likeness (QED) is 0.916. The second-order valence-electron chi connectivity index (χ2n) is 4.82. The van der Waals surface area contributed by atoms with Gasteiger partial charge in [-0.3, -0.25) is 0 Å². The van der Waals surface area contributed by atoms with E-state index in [1.54, 1.807) is 6.07 Å². The van der Waals surface area contributed by atoms with Crippen molar-refractivity contribution in [3.63, 3.8) is 0 Å². The van der Waals surface area contributed by atoms with Gasteiger partial charge in [0.1, 0.15) is 0 Å². The summed E-state index contributed by atoms with van der Waals surface area (Å²) in [6.45, 7) is 1.89. The van der Waals surface area contributed by atoms with Gasteiger partial charge in [0.15, 0.2) is 11.0 Å². The van der Waals surface area contributed by atoms with Crippen LogP contribution >= 0.6 is 11.6 Å². The van der Waals surface area contributed by atoms with E-state index >= 15 is 0 Å². The van der Waals surface area contributed by atoms with Crippen LogP contribution in [0, 0.1) is 0 Å². The predicted molar refractivity (Wildman–Crippen MR) is 78.8 cm³/mol. The lowest BCUT2D eigenvalue weighted by Crippen LogP contribution is -2.41. The zero-order valence-electron chi connectivity index (χ0n) is 11.9. The number of hydrogen-bond acceptors (Lipinski definition) is 4. The third-order valence-corrected chi connectivity index (χ3v) is 4.00. The molecule has 0 radical (unpaired) electrons. The van der Waals surface area contributed by atoms with Crippen molar-refractivity contribution < 1.29 is 1.37 Å². The zero-order valence-corrected chi connectivity index (χ0v) is 11.6. The second kappa shape index (κ2) is 5.31. The summed E-state index contributed by atoms with van der Waals surface area (Å²) < 4.78 is 8.00. The van der Waals surface area contributed by atoms with Crippen molar-refractivity contribution in [1.82, 2.24) is 15.5 Å². The summed E-state index contributed by atoms with van der Waals surface area (Å²) in [5.74, 6) is 0.841. The summed E-state index contributed by atoms with van der Waals surface area (Å²) in [5.41, 5.74) is 0. The number of anilines is 1. The van der Waals surface area contributed by atoms with Crippen LogP contribution in [0.4, 0.5) is 5.82 Å². The van der Waals surface area contributed by atoms with Crippen LogP contribution in [-0.2, 0) is 0 Å². The Labute approximate surface area is 119 Å².